The molecule has 3 rings (SSSR count). The lowest BCUT2D eigenvalue weighted by Gasteiger charge is -2.33. The van der Waals surface area contributed by atoms with E-state index in [1.165, 1.54) is 19.1 Å². The maximum Gasteiger partial charge on any atom is 0.248 e. The number of ether oxygens (including phenoxy) is 2. The minimum Gasteiger partial charge on any atom is -0.457 e. The molecule has 1 heterocycles. The van der Waals surface area contributed by atoms with Crippen LogP contribution in [0.1, 0.15) is 40.5 Å². The van der Waals surface area contributed by atoms with Crippen LogP contribution in [0.5, 0.6) is 11.5 Å². The Morgan fingerprint density at radius 3 is 2.43 bits per heavy atom. The highest BCUT2D eigenvalue weighted by Gasteiger charge is 2.20. The maximum atomic E-state index is 11.9. The van der Waals surface area contributed by atoms with Crippen molar-refractivity contribution in [3.8, 4) is 11.5 Å². The first-order valence-corrected chi connectivity index (χ1v) is 9.86. The van der Waals surface area contributed by atoms with Gasteiger partial charge in [0.2, 0.25) is 5.91 Å². The third-order valence-corrected chi connectivity index (χ3v) is 5.05. The molecule has 0 aliphatic carbocycles. The number of hydrogen-bond donors (Lipinski definition) is 1. The van der Waals surface area contributed by atoms with Gasteiger partial charge in [0.1, 0.15) is 18.0 Å². The number of benzene rings is 2. The van der Waals surface area contributed by atoms with Gasteiger partial charge in [-0.05, 0) is 62.2 Å². The van der Waals surface area contributed by atoms with Crippen molar-refractivity contribution in [1.29, 1.82) is 0 Å². The maximum absolute atomic E-state index is 11.9. The van der Waals surface area contributed by atoms with E-state index in [-0.39, 0.29) is 24.0 Å². The highest BCUT2D eigenvalue weighted by Crippen LogP contribution is 2.29. The molecule has 1 saturated heterocycles. The Kier molecular flexibility index (Phi) is 7.13. The standard InChI is InChI=1S/C22H25N3O5/c1-15(26)20-7-2-16(22(23)27)14-21(20)30-19-5-3-17(4-6-19)25-11-8-18(9-12-25)29-13-10-24-28/h2-7,14,18H,8-13H2,1H3,(H2,23,27). The van der Waals surface area contributed by atoms with Crippen LogP contribution in [-0.4, -0.2) is 44.0 Å². The van der Waals surface area contributed by atoms with Gasteiger partial charge < -0.3 is 20.1 Å². The Bertz CT molecular complexity index is 905. The van der Waals surface area contributed by atoms with Crippen molar-refractivity contribution in [1.82, 2.24) is 0 Å². The largest absolute Gasteiger partial charge is 0.457 e. The fourth-order valence-corrected chi connectivity index (χ4v) is 3.44. The summed E-state index contributed by atoms with van der Waals surface area (Å²) in [6, 6.07) is 12.1. The van der Waals surface area contributed by atoms with E-state index < -0.39 is 5.91 Å². The molecule has 8 heteroatoms. The topological polar surface area (TPSA) is 111 Å². The number of primary amides is 1. The van der Waals surface area contributed by atoms with Gasteiger partial charge in [-0.1, -0.05) is 5.18 Å². The first-order chi connectivity index (χ1) is 14.5. The number of nitrogens with two attached hydrogens (primary N) is 1. The normalized spacial score (nSPS) is 14.4. The lowest BCUT2D eigenvalue weighted by Crippen LogP contribution is -2.37. The Labute approximate surface area is 174 Å². The van der Waals surface area contributed by atoms with Crippen LogP contribution in [0.4, 0.5) is 5.69 Å². The van der Waals surface area contributed by atoms with Crippen LogP contribution in [0.2, 0.25) is 0 Å². The molecule has 1 aliphatic rings. The fourth-order valence-electron chi connectivity index (χ4n) is 3.44. The highest BCUT2D eigenvalue weighted by molar-refractivity contribution is 5.99. The summed E-state index contributed by atoms with van der Waals surface area (Å²) in [6.45, 7) is 3.72. The van der Waals surface area contributed by atoms with Gasteiger partial charge >= 0.3 is 0 Å². The minimum absolute atomic E-state index is 0.160. The quantitative estimate of drug-likeness (QED) is 0.384. The molecule has 0 radical (unpaired) electrons. The summed E-state index contributed by atoms with van der Waals surface area (Å²) in [4.78, 5) is 35.7. The minimum atomic E-state index is -0.583. The number of amides is 1. The van der Waals surface area contributed by atoms with Crippen molar-refractivity contribution in [2.24, 2.45) is 10.9 Å². The van der Waals surface area contributed by atoms with Crippen molar-refractivity contribution in [2.45, 2.75) is 25.9 Å². The van der Waals surface area contributed by atoms with Gasteiger partial charge in [-0.25, -0.2) is 0 Å². The van der Waals surface area contributed by atoms with Gasteiger partial charge in [0.15, 0.2) is 5.78 Å². The SMILES string of the molecule is CC(=O)c1ccc(C(N)=O)cc1Oc1ccc(N2CCC(OCCN=O)CC2)cc1. The molecular weight excluding hydrogens is 386 g/mol. The van der Waals surface area contributed by atoms with Crippen molar-refractivity contribution < 1.29 is 19.1 Å². The smallest absolute Gasteiger partial charge is 0.248 e. The monoisotopic (exact) mass is 411 g/mol. The van der Waals surface area contributed by atoms with E-state index in [0.29, 0.717) is 23.7 Å². The van der Waals surface area contributed by atoms with E-state index in [1.54, 1.807) is 6.07 Å². The number of piperidine rings is 1. The van der Waals surface area contributed by atoms with Crippen LogP contribution in [0.15, 0.2) is 47.6 Å². The van der Waals surface area contributed by atoms with Crippen LogP contribution in [0, 0.1) is 4.91 Å². The molecule has 0 unspecified atom stereocenters. The molecule has 8 nitrogen and oxygen atoms in total. The lowest BCUT2D eigenvalue weighted by molar-refractivity contribution is 0.0422. The van der Waals surface area contributed by atoms with Crippen LogP contribution in [-0.2, 0) is 4.74 Å². The second-order valence-electron chi connectivity index (χ2n) is 7.14. The van der Waals surface area contributed by atoms with Gasteiger partial charge in [0, 0.05) is 24.3 Å². The molecule has 2 aromatic rings. The molecule has 1 fully saturated rings. The third-order valence-electron chi connectivity index (χ3n) is 5.05. The molecule has 0 saturated carbocycles. The van der Waals surface area contributed by atoms with E-state index in [9.17, 15) is 14.5 Å². The number of ketones is 1. The number of nitrogens with zero attached hydrogens (tertiary/aromatic N) is 2. The Morgan fingerprint density at radius 1 is 1.13 bits per heavy atom. The number of nitroso groups, excluding NO2 is 1. The fraction of sp³-hybridized carbons (Fsp3) is 0.364. The van der Waals surface area contributed by atoms with Gasteiger partial charge in [-0.2, -0.15) is 4.91 Å². The highest BCUT2D eigenvalue weighted by atomic mass is 16.5. The first-order valence-electron chi connectivity index (χ1n) is 9.86. The van der Waals surface area contributed by atoms with E-state index >= 15 is 0 Å². The van der Waals surface area contributed by atoms with Crippen molar-refractivity contribution in [3.05, 3.63) is 58.5 Å². The predicted octanol–water partition coefficient (Wildman–Crippen LogP) is 3.53. The predicted molar refractivity (Wildman–Crippen MR) is 113 cm³/mol. The Balaban J connectivity index is 1.64. The van der Waals surface area contributed by atoms with Crippen molar-refractivity contribution in [2.75, 3.05) is 31.1 Å². The van der Waals surface area contributed by atoms with Gasteiger partial charge in [-0.15, -0.1) is 0 Å². The number of Topliss-reactive ketones (excluding diaryl/α,β-unsaturated/α-hetero) is 1. The molecule has 0 bridgehead atoms. The van der Waals surface area contributed by atoms with E-state index in [2.05, 4.69) is 10.1 Å². The number of rotatable bonds is 9. The Morgan fingerprint density at radius 2 is 1.83 bits per heavy atom. The lowest BCUT2D eigenvalue weighted by atomic mass is 10.1. The molecule has 158 valence electrons. The van der Waals surface area contributed by atoms with Gasteiger partial charge in [0.25, 0.3) is 0 Å². The second kappa shape index (κ2) is 9.98. The molecular formula is C22H25N3O5. The van der Waals surface area contributed by atoms with Crippen LogP contribution >= 0.6 is 0 Å². The van der Waals surface area contributed by atoms with Gasteiger partial charge in [0.05, 0.1) is 18.3 Å². The van der Waals surface area contributed by atoms with Crippen molar-refractivity contribution >= 4 is 17.4 Å². The van der Waals surface area contributed by atoms with Crippen molar-refractivity contribution in [3.63, 3.8) is 0 Å². The van der Waals surface area contributed by atoms with E-state index in [0.717, 1.165) is 31.6 Å². The number of anilines is 1. The van der Waals surface area contributed by atoms with Gasteiger partial charge in [-0.3, -0.25) is 9.59 Å². The molecule has 2 N–H and O–H groups in total. The summed E-state index contributed by atoms with van der Waals surface area (Å²) in [7, 11) is 0. The number of carbonyl (C=O) groups is 2. The summed E-state index contributed by atoms with van der Waals surface area (Å²) in [5.41, 5.74) is 7.06. The van der Waals surface area contributed by atoms with Crippen LogP contribution in [0.3, 0.4) is 0 Å². The van der Waals surface area contributed by atoms with Crippen LogP contribution < -0.4 is 15.4 Å². The Hall–Kier alpha value is -3.26. The zero-order valence-electron chi connectivity index (χ0n) is 16.9. The molecule has 0 aromatic heterocycles. The van der Waals surface area contributed by atoms with E-state index in [1.807, 2.05) is 24.3 Å². The summed E-state index contributed by atoms with van der Waals surface area (Å²) in [6.07, 6.45) is 1.94. The van der Waals surface area contributed by atoms with E-state index in [4.69, 9.17) is 15.2 Å². The summed E-state index contributed by atoms with van der Waals surface area (Å²) >= 11 is 0. The summed E-state index contributed by atoms with van der Waals surface area (Å²) < 4.78 is 11.5. The molecule has 30 heavy (non-hydrogen) atoms. The molecule has 0 spiro atoms. The molecule has 1 amide bonds. The third kappa shape index (κ3) is 5.42. The first kappa shape index (κ1) is 21.4. The zero-order valence-corrected chi connectivity index (χ0v) is 16.9. The molecule has 2 aromatic carbocycles. The van der Waals surface area contributed by atoms with Crippen LogP contribution in [0.25, 0.3) is 0 Å². The number of carbonyl (C=O) groups excluding carboxylic acids is 2. The molecule has 1 aliphatic heterocycles. The average Bonchev–Trinajstić information content (AvgIpc) is 2.75. The number of hydrogen-bond acceptors (Lipinski definition) is 7. The molecule has 0 atom stereocenters. The summed E-state index contributed by atoms with van der Waals surface area (Å²) in [5, 5.41) is 2.81. The summed E-state index contributed by atoms with van der Waals surface area (Å²) in [5.74, 6) is 0.114. The average molecular weight is 411 g/mol. The second-order valence-corrected chi connectivity index (χ2v) is 7.14. The zero-order chi connectivity index (χ0) is 21.5.